The molecule has 0 aliphatic heterocycles. The normalized spacial score (nSPS) is 19.2. The third-order valence-electron chi connectivity index (χ3n) is 8.05. The lowest BCUT2D eigenvalue weighted by atomic mass is 9.72. The molecule has 0 heterocycles. The van der Waals surface area contributed by atoms with E-state index in [2.05, 4.69) is 27.7 Å². The zero-order valence-electron chi connectivity index (χ0n) is 27.1. The van der Waals surface area contributed by atoms with Gasteiger partial charge in [0.05, 0.1) is 26.4 Å². The van der Waals surface area contributed by atoms with Gasteiger partial charge >= 0.3 is 24.9 Å². The summed E-state index contributed by atoms with van der Waals surface area (Å²) in [5, 5.41) is 10.3. The van der Waals surface area contributed by atoms with Crippen LogP contribution in [0.4, 0.5) is 14.4 Å². The molecule has 4 rings (SSSR count). The third-order valence-corrected chi connectivity index (χ3v) is 8.05. The van der Waals surface area contributed by atoms with Crippen molar-refractivity contribution in [2.75, 3.05) is 26.4 Å². The Hall–Kier alpha value is -4.03. The summed E-state index contributed by atoms with van der Waals surface area (Å²) in [6.45, 7) is 13.9. The highest BCUT2D eigenvalue weighted by Gasteiger charge is 2.57. The van der Waals surface area contributed by atoms with Crippen LogP contribution in [0.2, 0.25) is 0 Å². The van der Waals surface area contributed by atoms with Gasteiger partial charge in [0.1, 0.15) is 0 Å². The SMILES string of the molecule is CCOC(=O)Oc1cc2c(cc1OC(=O)OCC)C1(CC2(C)C)CC(C)(C)c2cc(OC(O)OCC)c(OC(=O)OCC)cc21. The average molecular weight is 631 g/mol. The minimum absolute atomic E-state index is 0.00799. The Bertz CT molecular complexity index is 1450. The molecule has 0 saturated heterocycles. The minimum atomic E-state index is -1.59. The van der Waals surface area contributed by atoms with Crippen LogP contribution in [0.3, 0.4) is 0 Å². The van der Waals surface area contributed by atoms with Gasteiger partial charge in [0, 0.05) is 5.41 Å². The van der Waals surface area contributed by atoms with Crippen molar-refractivity contribution in [3.63, 3.8) is 0 Å². The molecule has 0 amide bonds. The van der Waals surface area contributed by atoms with Crippen LogP contribution < -0.4 is 18.9 Å². The zero-order valence-corrected chi connectivity index (χ0v) is 27.1. The Kier molecular flexibility index (Phi) is 9.88. The van der Waals surface area contributed by atoms with E-state index >= 15 is 0 Å². The number of carbonyl (C=O) groups excluding carboxylic acids is 3. The van der Waals surface area contributed by atoms with Crippen molar-refractivity contribution in [1.82, 2.24) is 0 Å². The predicted octanol–water partition coefficient (Wildman–Crippen LogP) is 6.63. The number of ether oxygens (including phenoxy) is 8. The number of rotatable bonds is 10. The summed E-state index contributed by atoms with van der Waals surface area (Å²) in [6.07, 6.45) is -1.58. The molecule has 2 unspecified atom stereocenters. The fourth-order valence-electron chi connectivity index (χ4n) is 6.65. The van der Waals surface area contributed by atoms with Crippen LogP contribution in [0.25, 0.3) is 0 Å². The van der Waals surface area contributed by atoms with Crippen molar-refractivity contribution in [1.29, 1.82) is 0 Å². The predicted molar refractivity (Wildman–Crippen MR) is 160 cm³/mol. The zero-order chi connectivity index (χ0) is 33.2. The van der Waals surface area contributed by atoms with Gasteiger partial charge in [0.25, 0.3) is 0 Å². The number of fused-ring (bicyclic) bond motifs is 4. The van der Waals surface area contributed by atoms with E-state index in [1.54, 1.807) is 52.0 Å². The van der Waals surface area contributed by atoms with Crippen molar-refractivity contribution in [3.8, 4) is 23.0 Å². The summed E-state index contributed by atoms with van der Waals surface area (Å²) in [6, 6.07) is 6.89. The third kappa shape index (κ3) is 6.81. The highest BCUT2D eigenvalue weighted by molar-refractivity contribution is 5.73. The lowest BCUT2D eigenvalue weighted by Crippen LogP contribution is -2.27. The Morgan fingerprint density at radius 2 is 0.978 bits per heavy atom. The van der Waals surface area contributed by atoms with Crippen LogP contribution in [0.1, 0.15) is 90.5 Å². The van der Waals surface area contributed by atoms with E-state index in [4.69, 9.17) is 37.9 Å². The summed E-state index contributed by atoms with van der Waals surface area (Å²) in [4.78, 5) is 37.3. The maximum absolute atomic E-state index is 12.5. The van der Waals surface area contributed by atoms with Gasteiger partial charge in [-0.1, -0.05) is 27.7 Å². The van der Waals surface area contributed by atoms with E-state index in [0.29, 0.717) is 12.8 Å². The van der Waals surface area contributed by atoms with Crippen LogP contribution >= 0.6 is 0 Å². The van der Waals surface area contributed by atoms with E-state index < -0.39 is 41.2 Å². The van der Waals surface area contributed by atoms with Gasteiger partial charge in [-0.05, 0) is 97.9 Å². The van der Waals surface area contributed by atoms with Gasteiger partial charge in [-0.2, -0.15) is 0 Å². The number of carbonyl (C=O) groups is 3. The number of hydrogen-bond acceptors (Lipinski definition) is 12. The fourth-order valence-corrected chi connectivity index (χ4v) is 6.65. The van der Waals surface area contributed by atoms with Crippen molar-refractivity contribution in [3.05, 3.63) is 46.5 Å². The van der Waals surface area contributed by atoms with Crippen LogP contribution in [0, 0.1) is 0 Å². The number of hydrogen-bond donors (Lipinski definition) is 1. The van der Waals surface area contributed by atoms with Gasteiger partial charge in [0.2, 0.25) is 0 Å². The van der Waals surface area contributed by atoms with E-state index in [1.165, 1.54) is 0 Å². The lowest BCUT2D eigenvalue weighted by molar-refractivity contribution is -0.214. The van der Waals surface area contributed by atoms with Crippen molar-refractivity contribution in [2.45, 2.75) is 91.0 Å². The molecule has 45 heavy (non-hydrogen) atoms. The molecule has 1 N–H and O–H groups in total. The largest absolute Gasteiger partial charge is 0.513 e. The first-order valence-electron chi connectivity index (χ1n) is 15.1. The number of benzene rings is 2. The maximum Gasteiger partial charge on any atom is 0.513 e. The molecule has 246 valence electrons. The molecule has 0 radical (unpaired) electrons. The molecule has 2 aliphatic carbocycles. The molecule has 0 fully saturated rings. The van der Waals surface area contributed by atoms with Gasteiger partial charge < -0.3 is 43.0 Å². The molecular weight excluding hydrogens is 588 g/mol. The topological polar surface area (TPSA) is 145 Å². The first-order valence-corrected chi connectivity index (χ1v) is 15.1. The Labute approximate surface area is 262 Å². The molecule has 0 aromatic heterocycles. The van der Waals surface area contributed by atoms with Crippen LogP contribution in [0.5, 0.6) is 23.0 Å². The Balaban J connectivity index is 1.94. The fraction of sp³-hybridized carbons (Fsp3) is 0.545. The molecule has 0 saturated carbocycles. The second-order valence-electron chi connectivity index (χ2n) is 12.1. The first-order chi connectivity index (χ1) is 21.2. The van der Waals surface area contributed by atoms with Crippen molar-refractivity contribution in [2.24, 2.45) is 0 Å². The van der Waals surface area contributed by atoms with Crippen LogP contribution in [0.15, 0.2) is 24.3 Å². The quantitative estimate of drug-likeness (QED) is 0.130. The smallest absolute Gasteiger partial charge is 0.437 e. The van der Waals surface area contributed by atoms with E-state index in [-0.39, 0.29) is 49.4 Å². The average Bonchev–Trinajstić information content (AvgIpc) is 3.28. The van der Waals surface area contributed by atoms with Gasteiger partial charge in [0.15, 0.2) is 23.0 Å². The second kappa shape index (κ2) is 13.1. The monoisotopic (exact) mass is 630 g/mol. The molecular formula is C33H42O12. The second-order valence-corrected chi connectivity index (χ2v) is 12.1. The lowest BCUT2D eigenvalue weighted by Gasteiger charge is -2.30. The van der Waals surface area contributed by atoms with E-state index in [0.717, 1.165) is 22.3 Å². The molecule has 2 aliphatic rings. The van der Waals surface area contributed by atoms with E-state index in [9.17, 15) is 19.5 Å². The standard InChI is InChI=1S/C33H42O12/c1-9-38-27(34)42-23-13-19-21(15-25(23)44-29(36)40-11-3)33(17-31(19,5)6)18-32(7,8)20-14-24(43-28(35)39-10-2)26(16-22(20)33)45-30(37)41-12-4/h13-16,27,34H,9-12,17-18H2,1-8H3. The number of aliphatic hydroxyl groups is 1. The molecule has 0 bridgehead atoms. The summed E-state index contributed by atoms with van der Waals surface area (Å²) >= 11 is 0. The molecule has 1 spiro atoms. The van der Waals surface area contributed by atoms with Gasteiger partial charge in [-0.15, -0.1) is 0 Å². The summed E-state index contributed by atoms with van der Waals surface area (Å²) in [7, 11) is 0. The highest BCUT2D eigenvalue weighted by atomic mass is 16.8. The van der Waals surface area contributed by atoms with Gasteiger partial charge in [-0.3, -0.25) is 0 Å². The van der Waals surface area contributed by atoms with E-state index in [1.807, 2.05) is 0 Å². The molecule has 2 aromatic carbocycles. The highest BCUT2D eigenvalue weighted by Crippen LogP contribution is 2.65. The van der Waals surface area contributed by atoms with Crippen molar-refractivity contribution < 1.29 is 57.4 Å². The maximum atomic E-state index is 12.5. The van der Waals surface area contributed by atoms with Gasteiger partial charge in [-0.25, -0.2) is 14.4 Å². The summed E-state index contributed by atoms with van der Waals surface area (Å²) in [5.74, 6) is 0.156. The number of aliphatic hydroxyl groups excluding tert-OH is 1. The molecule has 2 aromatic rings. The summed E-state index contributed by atoms with van der Waals surface area (Å²) in [5.41, 5.74) is 1.97. The molecule has 2 atom stereocenters. The Morgan fingerprint density at radius 1 is 0.622 bits per heavy atom. The minimum Gasteiger partial charge on any atom is -0.437 e. The van der Waals surface area contributed by atoms with Crippen LogP contribution in [-0.2, 0) is 35.2 Å². The molecule has 12 heteroatoms. The molecule has 12 nitrogen and oxygen atoms in total. The Morgan fingerprint density at radius 3 is 1.36 bits per heavy atom. The van der Waals surface area contributed by atoms with Crippen LogP contribution in [-0.4, -0.2) is 56.5 Å². The summed E-state index contributed by atoms with van der Waals surface area (Å²) < 4.78 is 42.5. The van der Waals surface area contributed by atoms with Crippen molar-refractivity contribution >= 4 is 18.5 Å². The first kappa shape index (κ1) is 33.9.